The molecule has 1 aliphatic heterocycles. The maximum Gasteiger partial charge on any atom is 0.387 e. The van der Waals surface area contributed by atoms with Crippen molar-refractivity contribution in [3.8, 4) is 17.2 Å². The monoisotopic (exact) mass is 449 g/mol. The number of benzene rings is 2. The highest BCUT2D eigenvalue weighted by molar-refractivity contribution is 5.70. The molecular weight excluding hydrogens is 420 g/mol. The summed E-state index contributed by atoms with van der Waals surface area (Å²) in [6.07, 6.45) is 0.250. The number of hydrogen-bond acceptors (Lipinski definition) is 6. The number of morpholine rings is 1. The summed E-state index contributed by atoms with van der Waals surface area (Å²) in [4.78, 5) is 14.2. The van der Waals surface area contributed by atoms with Gasteiger partial charge in [0.2, 0.25) is 0 Å². The van der Waals surface area contributed by atoms with Crippen LogP contribution in [0.25, 0.3) is 0 Å². The summed E-state index contributed by atoms with van der Waals surface area (Å²) in [5.74, 6) is 1.01. The number of hydrogen-bond donors (Lipinski definition) is 0. The minimum atomic E-state index is -2.86. The van der Waals surface area contributed by atoms with E-state index in [0.29, 0.717) is 37.6 Å². The predicted octanol–water partition coefficient (Wildman–Crippen LogP) is 5.19. The summed E-state index contributed by atoms with van der Waals surface area (Å²) in [5, 5.41) is 0. The summed E-state index contributed by atoms with van der Waals surface area (Å²) < 4.78 is 45.8. The van der Waals surface area contributed by atoms with E-state index in [-0.39, 0.29) is 17.8 Å². The standard InChI is InChI=1S/C24H29F2NO5/c1-24(2,3)32-22(28)12-13-27-14-15-29-21(16-27)17-4-6-18(7-5-17)30-19-8-10-20(11-9-19)31-23(25)26/h4-11,21,23H,12-16H2,1-3H3. The van der Waals surface area contributed by atoms with E-state index >= 15 is 0 Å². The molecule has 0 N–H and O–H groups in total. The van der Waals surface area contributed by atoms with Crippen LogP contribution >= 0.6 is 0 Å². The van der Waals surface area contributed by atoms with Crippen molar-refractivity contribution >= 4 is 5.97 Å². The Hall–Kier alpha value is -2.71. The van der Waals surface area contributed by atoms with E-state index in [2.05, 4.69) is 9.64 Å². The van der Waals surface area contributed by atoms with Gasteiger partial charge < -0.3 is 18.9 Å². The van der Waals surface area contributed by atoms with Crippen LogP contribution in [0.2, 0.25) is 0 Å². The van der Waals surface area contributed by atoms with Gasteiger partial charge >= 0.3 is 12.6 Å². The van der Waals surface area contributed by atoms with Gasteiger partial charge in [0, 0.05) is 19.6 Å². The summed E-state index contributed by atoms with van der Waals surface area (Å²) >= 11 is 0. The van der Waals surface area contributed by atoms with Crippen LogP contribution in [0.5, 0.6) is 17.2 Å². The second-order valence-electron chi connectivity index (χ2n) is 8.52. The van der Waals surface area contributed by atoms with Crippen LogP contribution in [0.4, 0.5) is 8.78 Å². The van der Waals surface area contributed by atoms with Gasteiger partial charge in [-0.1, -0.05) is 12.1 Å². The van der Waals surface area contributed by atoms with Gasteiger partial charge in [0.25, 0.3) is 0 Å². The molecule has 2 aromatic rings. The largest absolute Gasteiger partial charge is 0.460 e. The topological polar surface area (TPSA) is 57.2 Å². The molecule has 1 fully saturated rings. The highest BCUT2D eigenvalue weighted by Crippen LogP contribution is 2.28. The molecule has 0 aromatic heterocycles. The first-order chi connectivity index (χ1) is 15.2. The van der Waals surface area contributed by atoms with E-state index in [1.165, 1.54) is 12.1 Å². The Morgan fingerprint density at radius 2 is 1.66 bits per heavy atom. The fourth-order valence-electron chi connectivity index (χ4n) is 3.32. The summed E-state index contributed by atoms with van der Waals surface area (Å²) in [6.45, 7) is 5.40. The minimum Gasteiger partial charge on any atom is -0.460 e. The van der Waals surface area contributed by atoms with Crippen molar-refractivity contribution in [2.75, 3.05) is 26.2 Å². The molecule has 174 valence electrons. The van der Waals surface area contributed by atoms with Crippen molar-refractivity contribution in [1.29, 1.82) is 0 Å². The van der Waals surface area contributed by atoms with Crippen molar-refractivity contribution in [1.82, 2.24) is 4.90 Å². The van der Waals surface area contributed by atoms with Gasteiger partial charge in [-0.25, -0.2) is 0 Å². The van der Waals surface area contributed by atoms with E-state index in [9.17, 15) is 13.6 Å². The molecule has 1 aliphatic rings. The Balaban J connectivity index is 1.51. The fraction of sp³-hybridized carbons (Fsp3) is 0.458. The van der Waals surface area contributed by atoms with E-state index in [4.69, 9.17) is 14.2 Å². The molecule has 0 aliphatic carbocycles. The lowest BCUT2D eigenvalue weighted by Gasteiger charge is -2.33. The summed E-state index contributed by atoms with van der Waals surface area (Å²) in [6, 6.07) is 13.5. The highest BCUT2D eigenvalue weighted by Gasteiger charge is 2.23. The van der Waals surface area contributed by atoms with Gasteiger partial charge in [-0.15, -0.1) is 0 Å². The summed E-state index contributed by atoms with van der Waals surface area (Å²) in [7, 11) is 0. The first-order valence-corrected chi connectivity index (χ1v) is 10.6. The molecule has 6 nitrogen and oxygen atoms in total. The summed E-state index contributed by atoms with van der Waals surface area (Å²) in [5.41, 5.74) is 0.538. The molecule has 1 unspecified atom stereocenters. The second-order valence-corrected chi connectivity index (χ2v) is 8.52. The van der Waals surface area contributed by atoms with Gasteiger partial charge in [0.15, 0.2) is 0 Å². The number of carbonyl (C=O) groups excluding carboxylic acids is 1. The first-order valence-electron chi connectivity index (χ1n) is 10.6. The van der Waals surface area contributed by atoms with Gasteiger partial charge in [-0.3, -0.25) is 9.69 Å². The molecule has 8 heteroatoms. The number of nitrogens with zero attached hydrogens (tertiary/aromatic N) is 1. The zero-order valence-corrected chi connectivity index (χ0v) is 18.6. The second kappa shape index (κ2) is 10.7. The molecule has 0 bridgehead atoms. The third-order valence-corrected chi connectivity index (χ3v) is 4.74. The SMILES string of the molecule is CC(C)(C)OC(=O)CCN1CCOC(c2ccc(Oc3ccc(OC(F)F)cc3)cc2)C1. The molecule has 0 spiro atoms. The van der Waals surface area contributed by atoms with E-state index in [1.807, 2.05) is 45.0 Å². The van der Waals surface area contributed by atoms with Gasteiger partial charge in [0.05, 0.1) is 19.1 Å². The van der Waals surface area contributed by atoms with Crippen LogP contribution in [0.15, 0.2) is 48.5 Å². The van der Waals surface area contributed by atoms with E-state index < -0.39 is 12.2 Å². The molecule has 1 heterocycles. The number of rotatable bonds is 8. The van der Waals surface area contributed by atoms with Crippen molar-refractivity contribution < 1.29 is 32.5 Å². The Morgan fingerprint density at radius 1 is 1.06 bits per heavy atom. The Kier molecular flexibility index (Phi) is 8.04. The predicted molar refractivity (Wildman–Crippen MR) is 115 cm³/mol. The van der Waals surface area contributed by atoms with Crippen molar-refractivity contribution in [2.45, 2.75) is 45.5 Å². The lowest BCUT2D eigenvalue weighted by Crippen LogP contribution is -2.39. The number of carbonyl (C=O) groups is 1. The Morgan fingerprint density at radius 3 is 2.25 bits per heavy atom. The molecule has 1 saturated heterocycles. The Bertz CT molecular complexity index is 865. The van der Waals surface area contributed by atoms with Crippen LogP contribution in [-0.4, -0.2) is 49.3 Å². The lowest BCUT2D eigenvalue weighted by atomic mass is 10.1. The van der Waals surface area contributed by atoms with Crippen LogP contribution in [-0.2, 0) is 14.3 Å². The molecule has 2 aromatic carbocycles. The maximum atomic E-state index is 12.2. The van der Waals surface area contributed by atoms with Crippen LogP contribution in [0.3, 0.4) is 0 Å². The fourth-order valence-corrected chi connectivity index (χ4v) is 3.32. The quantitative estimate of drug-likeness (QED) is 0.518. The third-order valence-electron chi connectivity index (χ3n) is 4.74. The number of alkyl halides is 2. The zero-order valence-electron chi connectivity index (χ0n) is 18.6. The molecule has 1 atom stereocenters. The third kappa shape index (κ3) is 7.76. The normalized spacial score (nSPS) is 17.2. The van der Waals surface area contributed by atoms with E-state index in [0.717, 1.165) is 12.1 Å². The average molecular weight is 449 g/mol. The minimum absolute atomic E-state index is 0.0772. The van der Waals surface area contributed by atoms with Crippen LogP contribution < -0.4 is 9.47 Å². The number of ether oxygens (including phenoxy) is 4. The van der Waals surface area contributed by atoms with Crippen molar-refractivity contribution in [2.24, 2.45) is 0 Å². The smallest absolute Gasteiger partial charge is 0.387 e. The van der Waals surface area contributed by atoms with Crippen LogP contribution in [0.1, 0.15) is 38.9 Å². The number of esters is 1. The molecule has 0 amide bonds. The van der Waals surface area contributed by atoms with Gasteiger partial charge in [0.1, 0.15) is 22.8 Å². The molecular formula is C24H29F2NO5. The van der Waals surface area contributed by atoms with Crippen molar-refractivity contribution in [3.63, 3.8) is 0 Å². The van der Waals surface area contributed by atoms with Gasteiger partial charge in [-0.05, 0) is 62.7 Å². The average Bonchev–Trinajstić information content (AvgIpc) is 2.73. The Labute approximate surface area is 187 Å². The maximum absolute atomic E-state index is 12.2. The first kappa shape index (κ1) is 23.9. The molecule has 0 saturated carbocycles. The zero-order chi connectivity index (χ0) is 23.1. The highest BCUT2D eigenvalue weighted by atomic mass is 19.3. The van der Waals surface area contributed by atoms with Crippen molar-refractivity contribution in [3.05, 3.63) is 54.1 Å². The van der Waals surface area contributed by atoms with Gasteiger partial charge in [-0.2, -0.15) is 8.78 Å². The van der Waals surface area contributed by atoms with Crippen LogP contribution in [0, 0.1) is 0 Å². The molecule has 3 rings (SSSR count). The van der Waals surface area contributed by atoms with E-state index in [1.54, 1.807) is 12.1 Å². The lowest BCUT2D eigenvalue weighted by molar-refractivity contribution is -0.155. The molecule has 32 heavy (non-hydrogen) atoms. The molecule has 0 radical (unpaired) electrons. The number of halogens is 2.